The molecule has 0 aromatic carbocycles. The molecule has 1 N–H and O–H groups in total. The van der Waals surface area contributed by atoms with Gasteiger partial charge in [-0.25, -0.2) is 0 Å². The van der Waals surface area contributed by atoms with Gasteiger partial charge in [-0.3, -0.25) is 4.79 Å². The molecular weight excluding hydrogens is 190 g/mol. The molecule has 0 amide bonds. The lowest BCUT2D eigenvalue weighted by Gasteiger charge is -2.39. The van der Waals surface area contributed by atoms with Crippen LogP contribution in [0.3, 0.4) is 0 Å². The van der Waals surface area contributed by atoms with Crippen LogP contribution in [0.25, 0.3) is 0 Å². The maximum atomic E-state index is 10.3. The minimum Gasteiger partial charge on any atom is -0.481 e. The Morgan fingerprint density at radius 1 is 1.33 bits per heavy atom. The number of likely N-dealkylation sites (tertiary alicyclic amines) is 1. The SMILES string of the molecule is CCCC1CN(CCCCCC(=O)O)C1. The van der Waals surface area contributed by atoms with E-state index in [0.717, 1.165) is 25.2 Å². The number of rotatable bonds is 8. The number of carboxylic acid groups (broad SMARTS) is 1. The fraction of sp³-hybridized carbons (Fsp3) is 0.917. The van der Waals surface area contributed by atoms with Crippen molar-refractivity contribution >= 4 is 5.97 Å². The van der Waals surface area contributed by atoms with Crippen LogP contribution in [0.5, 0.6) is 0 Å². The molecular formula is C12H23NO2. The highest BCUT2D eigenvalue weighted by molar-refractivity contribution is 5.66. The van der Waals surface area contributed by atoms with E-state index in [1.807, 2.05) is 0 Å². The molecule has 0 radical (unpaired) electrons. The molecule has 1 saturated heterocycles. The molecule has 1 aliphatic rings. The van der Waals surface area contributed by atoms with Crippen molar-refractivity contribution < 1.29 is 9.90 Å². The Kier molecular flexibility index (Phi) is 5.69. The van der Waals surface area contributed by atoms with Crippen molar-refractivity contribution in [3.8, 4) is 0 Å². The Morgan fingerprint density at radius 2 is 2.07 bits per heavy atom. The molecule has 3 nitrogen and oxygen atoms in total. The summed E-state index contributed by atoms with van der Waals surface area (Å²) in [5.74, 6) is 0.274. The lowest BCUT2D eigenvalue weighted by atomic mass is 9.95. The van der Waals surface area contributed by atoms with Crippen LogP contribution in [0.1, 0.15) is 45.4 Å². The van der Waals surface area contributed by atoms with Crippen molar-refractivity contribution in [1.82, 2.24) is 4.90 Å². The smallest absolute Gasteiger partial charge is 0.303 e. The second kappa shape index (κ2) is 6.83. The zero-order valence-corrected chi connectivity index (χ0v) is 9.74. The Bertz CT molecular complexity index is 188. The van der Waals surface area contributed by atoms with Crippen molar-refractivity contribution in [1.29, 1.82) is 0 Å². The van der Waals surface area contributed by atoms with Gasteiger partial charge in [0.05, 0.1) is 0 Å². The van der Waals surface area contributed by atoms with Gasteiger partial charge in [-0.15, -0.1) is 0 Å². The highest BCUT2D eigenvalue weighted by atomic mass is 16.4. The lowest BCUT2D eigenvalue weighted by molar-refractivity contribution is -0.137. The maximum Gasteiger partial charge on any atom is 0.303 e. The molecule has 1 rings (SSSR count). The van der Waals surface area contributed by atoms with E-state index in [-0.39, 0.29) is 0 Å². The number of hydrogen-bond acceptors (Lipinski definition) is 2. The van der Waals surface area contributed by atoms with Gasteiger partial charge in [0.15, 0.2) is 0 Å². The summed E-state index contributed by atoms with van der Waals surface area (Å²) >= 11 is 0. The fourth-order valence-corrected chi connectivity index (χ4v) is 2.24. The first-order chi connectivity index (χ1) is 7.22. The van der Waals surface area contributed by atoms with Crippen molar-refractivity contribution in [2.45, 2.75) is 45.4 Å². The normalized spacial score (nSPS) is 17.7. The molecule has 15 heavy (non-hydrogen) atoms. The maximum absolute atomic E-state index is 10.3. The van der Waals surface area contributed by atoms with Gasteiger partial charge in [0.25, 0.3) is 0 Å². The molecule has 0 aromatic heterocycles. The third kappa shape index (κ3) is 5.17. The Morgan fingerprint density at radius 3 is 2.67 bits per heavy atom. The Labute approximate surface area is 92.5 Å². The van der Waals surface area contributed by atoms with Crippen LogP contribution in [0, 0.1) is 5.92 Å². The molecule has 3 heteroatoms. The molecule has 0 aromatic rings. The summed E-state index contributed by atoms with van der Waals surface area (Å²) in [6.45, 7) is 5.95. The summed E-state index contributed by atoms with van der Waals surface area (Å²) in [4.78, 5) is 12.8. The molecule has 1 aliphatic heterocycles. The fourth-order valence-electron chi connectivity index (χ4n) is 2.24. The summed E-state index contributed by atoms with van der Waals surface area (Å²) in [7, 11) is 0. The number of carbonyl (C=O) groups is 1. The standard InChI is InChI=1S/C12H23NO2/c1-2-6-11-9-13(10-11)8-5-3-4-7-12(14)15/h11H,2-10H2,1H3,(H,14,15). The van der Waals surface area contributed by atoms with Gasteiger partial charge in [-0.05, 0) is 31.7 Å². The van der Waals surface area contributed by atoms with E-state index < -0.39 is 5.97 Å². The molecule has 0 saturated carbocycles. The van der Waals surface area contributed by atoms with E-state index in [9.17, 15) is 4.79 Å². The summed E-state index contributed by atoms with van der Waals surface area (Å²) in [6.07, 6.45) is 6.06. The second-order valence-electron chi connectivity index (χ2n) is 4.62. The van der Waals surface area contributed by atoms with Crippen molar-refractivity contribution in [3.05, 3.63) is 0 Å². The van der Waals surface area contributed by atoms with Crippen LogP contribution in [0.2, 0.25) is 0 Å². The largest absolute Gasteiger partial charge is 0.481 e. The van der Waals surface area contributed by atoms with Gasteiger partial charge in [0, 0.05) is 19.5 Å². The molecule has 1 fully saturated rings. The third-order valence-corrected chi connectivity index (χ3v) is 3.09. The third-order valence-electron chi connectivity index (χ3n) is 3.09. The zero-order chi connectivity index (χ0) is 11.1. The topological polar surface area (TPSA) is 40.5 Å². The van der Waals surface area contributed by atoms with Crippen LogP contribution >= 0.6 is 0 Å². The van der Waals surface area contributed by atoms with Crippen LogP contribution in [0.15, 0.2) is 0 Å². The Balaban J connectivity index is 1.84. The van der Waals surface area contributed by atoms with Gasteiger partial charge >= 0.3 is 5.97 Å². The zero-order valence-electron chi connectivity index (χ0n) is 9.74. The monoisotopic (exact) mass is 213 g/mol. The number of nitrogens with zero attached hydrogens (tertiary/aromatic N) is 1. The quantitative estimate of drug-likeness (QED) is 0.629. The van der Waals surface area contributed by atoms with Crippen LogP contribution in [0.4, 0.5) is 0 Å². The first-order valence-corrected chi connectivity index (χ1v) is 6.16. The molecule has 1 heterocycles. The van der Waals surface area contributed by atoms with E-state index >= 15 is 0 Å². The molecule has 0 unspecified atom stereocenters. The highest BCUT2D eigenvalue weighted by Gasteiger charge is 2.24. The summed E-state index contributed by atoms with van der Waals surface area (Å²) in [5, 5.41) is 8.46. The van der Waals surface area contributed by atoms with Crippen LogP contribution in [-0.4, -0.2) is 35.6 Å². The predicted molar refractivity (Wildman–Crippen MR) is 60.9 cm³/mol. The first kappa shape index (κ1) is 12.5. The second-order valence-corrected chi connectivity index (χ2v) is 4.62. The van der Waals surface area contributed by atoms with Crippen molar-refractivity contribution in [3.63, 3.8) is 0 Å². The average Bonchev–Trinajstić information content (AvgIpc) is 2.12. The summed E-state index contributed by atoms with van der Waals surface area (Å²) < 4.78 is 0. The minimum atomic E-state index is -0.665. The average molecular weight is 213 g/mol. The van der Waals surface area contributed by atoms with Gasteiger partial charge in [0.1, 0.15) is 0 Å². The van der Waals surface area contributed by atoms with Gasteiger partial charge < -0.3 is 10.0 Å². The summed E-state index contributed by atoms with van der Waals surface area (Å²) in [5.41, 5.74) is 0. The highest BCUT2D eigenvalue weighted by Crippen LogP contribution is 2.20. The van der Waals surface area contributed by atoms with E-state index in [1.165, 1.54) is 32.5 Å². The van der Waals surface area contributed by atoms with E-state index in [1.54, 1.807) is 0 Å². The number of unbranched alkanes of at least 4 members (excludes halogenated alkanes) is 2. The first-order valence-electron chi connectivity index (χ1n) is 6.16. The molecule has 0 atom stereocenters. The van der Waals surface area contributed by atoms with Crippen LogP contribution < -0.4 is 0 Å². The molecule has 0 bridgehead atoms. The summed E-state index contributed by atoms with van der Waals surface area (Å²) in [6, 6.07) is 0. The minimum absolute atomic E-state index is 0.332. The van der Waals surface area contributed by atoms with Gasteiger partial charge in [-0.1, -0.05) is 19.8 Å². The number of aliphatic carboxylic acids is 1. The number of hydrogen-bond donors (Lipinski definition) is 1. The van der Waals surface area contributed by atoms with Gasteiger partial charge in [0.2, 0.25) is 0 Å². The van der Waals surface area contributed by atoms with Crippen LogP contribution in [-0.2, 0) is 4.79 Å². The molecule has 88 valence electrons. The number of carboxylic acids is 1. The Hall–Kier alpha value is -0.570. The van der Waals surface area contributed by atoms with E-state index in [0.29, 0.717) is 6.42 Å². The van der Waals surface area contributed by atoms with E-state index in [4.69, 9.17) is 5.11 Å². The lowest BCUT2D eigenvalue weighted by Crippen LogP contribution is -2.46. The predicted octanol–water partition coefficient (Wildman–Crippen LogP) is 2.36. The van der Waals surface area contributed by atoms with E-state index in [2.05, 4.69) is 11.8 Å². The van der Waals surface area contributed by atoms with Crippen molar-refractivity contribution in [2.24, 2.45) is 5.92 Å². The molecule has 0 aliphatic carbocycles. The molecule has 0 spiro atoms. The van der Waals surface area contributed by atoms with Crippen molar-refractivity contribution in [2.75, 3.05) is 19.6 Å². The van der Waals surface area contributed by atoms with Gasteiger partial charge in [-0.2, -0.15) is 0 Å².